The molecule has 9 nitrogen and oxygen atoms in total. The highest BCUT2D eigenvalue weighted by Crippen LogP contribution is 2.40. The molecule has 0 amide bonds. The molecule has 6 heterocycles. The molecule has 13 heteroatoms. The lowest BCUT2D eigenvalue weighted by atomic mass is 9.98. The second-order valence-electron chi connectivity index (χ2n) is 10.6. The monoisotopic (exact) mass is 637 g/mol. The Balaban J connectivity index is 0.00000102. The van der Waals surface area contributed by atoms with Crippen molar-refractivity contribution < 1.29 is 18.3 Å². The van der Waals surface area contributed by atoms with E-state index in [4.69, 9.17) is 25.2 Å². The van der Waals surface area contributed by atoms with Gasteiger partial charge in [0.2, 0.25) is 11.8 Å². The summed E-state index contributed by atoms with van der Waals surface area (Å²) in [6, 6.07) is 1.15. The molecule has 0 saturated carbocycles. The predicted molar refractivity (Wildman–Crippen MR) is 175 cm³/mol. The van der Waals surface area contributed by atoms with E-state index in [0.717, 1.165) is 57.8 Å². The Labute approximate surface area is 263 Å². The smallest absolute Gasteiger partial charge is 0.275 e. The van der Waals surface area contributed by atoms with Crippen LogP contribution in [0.4, 0.5) is 20.4 Å². The van der Waals surface area contributed by atoms with Crippen LogP contribution in [0.25, 0.3) is 21.5 Å². The summed E-state index contributed by atoms with van der Waals surface area (Å²) in [4.78, 5) is 21.4. The number of nitrogen functional groups attached to an aromatic ring is 1. The number of aromatic nitrogens is 3. The number of anilines is 2. The number of rotatable bonds is 6. The van der Waals surface area contributed by atoms with Crippen LogP contribution in [0, 0.1) is 6.92 Å². The summed E-state index contributed by atoms with van der Waals surface area (Å²) in [5, 5.41) is 0. The number of nitrogens with two attached hydrogens (primary N) is 1. The van der Waals surface area contributed by atoms with Crippen LogP contribution in [0.2, 0.25) is 0 Å². The van der Waals surface area contributed by atoms with E-state index in [-0.39, 0.29) is 6.54 Å². The molecular formula is C30H45F2N7O2S2. The van der Waals surface area contributed by atoms with E-state index in [0.29, 0.717) is 63.3 Å². The fourth-order valence-corrected chi connectivity index (χ4v) is 7.15. The number of methoxy groups -OCH3 is 1. The molecule has 2 N–H and O–H groups in total. The number of halogens is 2. The van der Waals surface area contributed by atoms with E-state index in [1.165, 1.54) is 7.11 Å². The van der Waals surface area contributed by atoms with Gasteiger partial charge in [-0.15, -0.1) is 11.3 Å². The Hall–Kier alpha value is -2.32. The van der Waals surface area contributed by atoms with Crippen molar-refractivity contribution in [1.82, 2.24) is 24.8 Å². The third-order valence-corrected chi connectivity index (χ3v) is 9.21. The molecule has 3 saturated heterocycles. The Bertz CT molecular complexity index is 1350. The predicted octanol–water partition coefficient (Wildman–Crippen LogP) is 5.37. The van der Waals surface area contributed by atoms with Crippen LogP contribution in [0.1, 0.15) is 43.6 Å². The zero-order valence-corrected chi connectivity index (χ0v) is 27.6. The second-order valence-corrected chi connectivity index (χ2v) is 11.9. The largest absolute Gasteiger partial charge is 0.480 e. The van der Waals surface area contributed by atoms with Crippen LogP contribution >= 0.6 is 24.0 Å². The number of piperidine rings is 1. The van der Waals surface area contributed by atoms with Crippen LogP contribution in [0.3, 0.4) is 0 Å². The standard InChI is InChI=1S/C27H35F2N7O2S.C2H6.CH4S/c1-17-19(15-34-8-5-21(27(28,29)16-34)35-6-3-4-7-35)23-24(39-17)22(18-13-20(30)25(37-2)31-14-18)32-26(33-23)36-9-11-38-12-10-36;2*1-2/h13-14,21H,3-12,15-16,30H2,1-2H3;1-2H3;2H,1H3. The quantitative estimate of drug-likeness (QED) is 0.346. The highest BCUT2D eigenvalue weighted by molar-refractivity contribution is 7.79. The Morgan fingerprint density at radius 2 is 1.81 bits per heavy atom. The van der Waals surface area contributed by atoms with Gasteiger partial charge in [-0.1, -0.05) is 13.8 Å². The summed E-state index contributed by atoms with van der Waals surface area (Å²) >= 11 is 5.12. The molecular weight excluding hydrogens is 593 g/mol. The van der Waals surface area contributed by atoms with Gasteiger partial charge in [0.25, 0.3) is 5.92 Å². The van der Waals surface area contributed by atoms with Gasteiger partial charge in [-0.25, -0.2) is 23.7 Å². The minimum atomic E-state index is -2.74. The fourth-order valence-electron chi connectivity index (χ4n) is 6.04. The minimum Gasteiger partial charge on any atom is -0.480 e. The molecule has 3 aliphatic rings. The molecule has 3 aliphatic heterocycles. The highest BCUT2D eigenvalue weighted by atomic mass is 32.1. The molecule has 1 atom stereocenters. The average Bonchev–Trinajstić information content (AvgIpc) is 3.67. The number of fused-ring (bicyclic) bond motifs is 1. The van der Waals surface area contributed by atoms with E-state index in [1.54, 1.807) is 23.8 Å². The fraction of sp³-hybridized carbons (Fsp3) is 0.633. The van der Waals surface area contributed by atoms with E-state index >= 15 is 8.78 Å². The number of likely N-dealkylation sites (tertiary alicyclic amines) is 2. The molecule has 0 aromatic carbocycles. The molecule has 0 radical (unpaired) electrons. The van der Waals surface area contributed by atoms with Crippen molar-refractivity contribution in [3.8, 4) is 17.1 Å². The maximum atomic E-state index is 15.4. The van der Waals surface area contributed by atoms with Gasteiger partial charge in [0.1, 0.15) is 0 Å². The van der Waals surface area contributed by atoms with E-state index in [1.807, 2.05) is 36.6 Å². The number of ether oxygens (including phenoxy) is 2. The van der Waals surface area contributed by atoms with Gasteiger partial charge < -0.3 is 20.1 Å². The Morgan fingerprint density at radius 3 is 2.44 bits per heavy atom. The summed E-state index contributed by atoms with van der Waals surface area (Å²) in [5.74, 6) is -1.78. The van der Waals surface area contributed by atoms with Crippen molar-refractivity contribution in [3.05, 3.63) is 22.7 Å². The number of thiol groups is 1. The van der Waals surface area contributed by atoms with Crippen molar-refractivity contribution in [1.29, 1.82) is 0 Å². The molecule has 6 rings (SSSR count). The van der Waals surface area contributed by atoms with Gasteiger partial charge in [-0.2, -0.15) is 12.6 Å². The van der Waals surface area contributed by atoms with Crippen LogP contribution < -0.4 is 15.4 Å². The molecule has 0 bridgehead atoms. The summed E-state index contributed by atoms with van der Waals surface area (Å²) in [6.45, 7) is 11.0. The minimum absolute atomic E-state index is 0.238. The number of hydrogen-bond acceptors (Lipinski definition) is 11. The van der Waals surface area contributed by atoms with Crippen molar-refractivity contribution in [3.63, 3.8) is 0 Å². The first-order valence-corrected chi connectivity index (χ1v) is 16.8. The maximum Gasteiger partial charge on any atom is 0.275 e. The number of pyridine rings is 1. The van der Waals surface area contributed by atoms with Gasteiger partial charge in [0.05, 0.1) is 54.5 Å². The van der Waals surface area contributed by atoms with Crippen molar-refractivity contribution in [2.75, 3.05) is 76.5 Å². The number of alkyl halides is 2. The van der Waals surface area contributed by atoms with Crippen molar-refractivity contribution >= 4 is 45.8 Å². The Kier molecular flexibility index (Phi) is 11.8. The zero-order chi connectivity index (χ0) is 31.1. The number of morpholine rings is 1. The third kappa shape index (κ3) is 7.33. The maximum absolute atomic E-state index is 15.4. The molecule has 0 aliphatic carbocycles. The van der Waals surface area contributed by atoms with Crippen LogP contribution in [0.15, 0.2) is 12.3 Å². The first-order chi connectivity index (χ1) is 20.8. The lowest BCUT2D eigenvalue weighted by Crippen LogP contribution is -2.57. The molecule has 0 spiro atoms. The summed E-state index contributed by atoms with van der Waals surface area (Å²) in [5.41, 5.74) is 9.92. The molecule has 3 aromatic heterocycles. The normalized spacial score (nSPS) is 20.7. The second kappa shape index (κ2) is 15.1. The zero-order valence-electron chi connectivity index (χ0n) is 25.9. The average molecular weight is 638 g/mol. The number of thiophene rings is 1. The number of nitrogens with zero attached hydrogens (tertiary/aromatic N) is 6. The lowest BCUT2D eigenvalue weighted by Gasteiger charge is -2.42. The SMILES string of the molecule is CC.COc1ncc(-c2nc(N3CCOCC3)nc3c(CN4CCC(N5CCCC5)C(F)(F)C4)c(C)sc23)cc1N.CS. The first kappa shape index (κ1) is 33.6. The molecule has 238 valence electrons. The van der Waals surface area contributed by atoms with Gasteiger partial charge in [-0.05, 0) is 51.6 Å². The van der Waals surface area contributed by atoms with E-state index in [2.05, 4.69) is 22.5 Å². The third-order valence-electron chi connectivity index (χ3n) is 8.06. The van der Waals surface area contributed by atoms with Crippen LogP contribution in [-0.2, 0) is 11.3 Å². The molecule has 43 heavy (non-hydrogen) atoms. The van der Waals surface area contributed by atoms with Gasteiger partial charge >= 0.3 is 0 Å². The topological polar surface area (TPSA) is 92.9 Å². The lowest BCUT2D eigenvalue weighted by molar-refractivity contribution is -0.124. The highest BCUT2D eigenvalue weighted by Gasteiger charge is 2.47. The number of aryl methyl sites for hydroxylation is 1. The van der Waals surface area contributed by atoms with E-state index < -0.39 is 12.0 Å². The van der Waals surface area contributed by atoms with Gasteiger partial charge in [0, 0.05) is 48.4 Å². The number of hydrogen-bond donors (Lipinski definition) is 2. The van der Waals surface area contributed by atoms with Gasteiger partial charge in [0.15, 0.2) is 0 Å². The first-order valence-electron chi connectivity index (χ1n) is 15.1. The van der Waals surface area contributed by atoms with Crippen LogP contribution in [-0.4, -0.2) is 103 Å². The summed E-state index contributed by atoms with van der Waals surface area (Å²) in [6.07, 6.45) is 5.90. The molecule has 3 aromatic rings. The van der Waals surface area contributed by atoms with Crippen LogP contribution in [0.5, 0.6) is 5.88 Å². The van der Waals surface area contributed by atoms with E-state index in [9.17, 15) is 0 Å². The van der Waals surface area contributed by atoms with Crippen molar-refractivity contribution in [2.45, 2.75) is 58.5 Å². The molecule has 3 fully saturated rings. The molecule has 1 unspecified atom stereocenters. The summed E-state index contributed by atoms with van der Waals surface area (Å²) in [7, 11) is 1.53. The van der Waals surface area contributed by atoms with Crippen molar-refractivity contribution in [2.24, 2.45) is 0 Å². The summed E-state index contributed by atoms with van der Waals surface area (Å²) < 4.78 is 42.4. The Morgan fingerprint density at radius 1 is 1.12 bits per heavy atom. The van der Waals surface area contributed by atoms with Gasteiger partial charge in [-0.3, -0.25) is 9.80 Å².